The zero-order valence-electron chi connectivity index (χ0n) is 18.0. The quantitative estimate of drug-likeness (QED) is 0.655. The number of esters is 1. The lowest BCUT2D eigenvalue weighted by Crippen LogP contribution is -2.54. The highest BCUT2D eigenvalue weighted by Crippen LogP contribution is 2.39. The van der Waals surface area contributed by atoms with Crippen LogP contribution in [0.15, 0.2) is 29.2 Å². The fourth-order valence-corrected chi connectivity index (χ4v) is 5.60. The summed E-state index contributed by atoms with van der Waals surface area (Å²) in [4.78, 5) is 26.5. The van der Waals surface area contributed by atoms with Crippen molar-refractivity contribution in [2.75, 3.05) is 39.9 Å². The molecule has 0 aromatic heterocycles. The molecule has 2 aliphatic rings. The summed E-state index contributed by atoms with van der Waals surface area (Å²) in [6, 6.07) is 6.46. The number of carbonyl (C=O) groups is 2. The molecule has 1 spiro atoms. The molecule has 0 saturated carbocycles. The summed E-state index contributed by atoms with van der Waals surface area (Å²) in [5, 5.41) is 0. The molecule has 0 aliphatic carbocycles. The van der Waals surface area contributed by atoms with Gasteiger partial charge in [-0.25, -0.2) is 8.42 Å². The normalized spacial score (nSPS) is 21.1. The fraction of sp³-hybridized carbons (Fsp3) is 0.619. The van der Waals surface area contributed by atoms with Crippen molar-refractivity contribution in [3.63, 3.8) is 0 Å². The van der Waals surface area contributed by atoms with Gasteiger partial charge in [0.25, 0.3) is 0 Å². The Balaban J connectivity index is 1.91. The first-order chi connectivity index (χ1) is 14.0. The van der Waals surface area contributed by atoms with Crippen molar-refractivity contribution in [2.45, 2.75) is 38.5 Å². The monoisotopic (exact) mass is 438 g/mol. The van der Waals surface area contributed by atoms with E-state index in [1.54, 1.807) is 18.2 Å². The third kappa shape index (κ3) is 4.46. The molecule has 1 aromatic rings. The van der Waals surface area contributed by atoms with E-state index in [4.69, 9.17) is 9.47 Å². The molecule has 2 heterocycles. The van der Waals surface area contributed by atoms with E-state index >= 15 is 0 Å². The molecule has 30 heavy (non-hydrogen) atoms. The van der Waals surface area contributed by atoms with Crippen molar-refractivity contribution in [1.82, 2.24) is 9.21 Å². The molecular formula is C21H30N2O6S. The van der Waals surface area contributed by atoms with Crippen molar-refractivity contribution in [3.8, 4) is 5.75 Å². The third-order valence-electron chi connectivity index (χ3n) is 5.80. The Morgan fingerprint density at radius 3 is 2.40 bits per heavy atom. The van der Waals surface area contributed by atoms with Crippen molar-refractivity contribution in [2.24, 2.45) is 10.8 Å². The van der Waals surface area contributed by atoms with Crippen LogP contribution in [-0.2, 0) is 24.3 Å². The van der Waals surface area contributed by atoms with Crippen LogP contribution in [0, 0.1) is 10.8 Å². The smallest absolute Gasteiger partial charge is 0.321 e. The van der Waals surface area contributed by atoms with E-state index in [1.807, 2.05) is 25.7 Å². The van der Waals surface area contributed by atoms with Gasteiger partial charge in [0.1, 0.15) is 17.2 Å². The van der Waals surface area contributed by atoms with Crippen LogP contribution >= 0.6 is 0 Å². The van der Waals surface area contributed by atoms with Gasteiger partial charge in [-0.3, -0.25) is 9.59 Å². The van der Waals surface area contributed by atoms with Crippen LogP contribution in [0.4, 0.5) is 0 Å². The van der Waals surface area contributed by atoms with Gasteiger partial charge in [-0.05, 0) is 25.0 Å². The summed E-state index contributed by atoms with van der Waals surface area (Å²) >= 11 is 0. The molecule has 0 radical (unpaired) electrons. The first kappa shape index (κ1) is 22.6. The van der Waals surface area contributed by atoms with Gasteiger partial charge in [-0.15, -0.1) is 0 Å². The largest absolute Gasteiger partial charge is 0.492 e. The van der Waals surface area contributed by atoms with E-state index in [0.29, 0.717) is 32.5 Å². The molecule has 0 unspecified atom stereocenters. The summed E-state index contributed by atoms with van der Waals surface area (Å²) in [7, 11) is -2.71. The Hall–Kier alpha value is -2.13. The average Bonchev–Trinajstić information content (AvgIpc) is 2.70. The Morgan fingerprint density at radius 1 is 1.17 bits per heavy atom. The molecule has 1 saturated heterocycles. The van der Waals surface area contributed by atoms with E-state index in [2.05, 4.69) is 0 Å². The van der Waals surface area contributed by atoms with Gasteiger partial charge in [-0.1, -0.05) is 32.9 Å². The van der Waals surface area contributed by atoms with Gasteiger partial charge in [0.15, 0.2) is 0 Å². The molecule has 0 atom stereocenters. The van der Waals surface area contributed by atoms with Crippen molar-refractivity contribution in [1.29, 1.82) is 0 Å². The average molecular weight is 439 g/mol. The topological polar surface area (TPSA) is 93.2 Å². The number of piperidine rings is 1. The van der Waals surface area contributed by atoms with Crippen molar-refractivity contribution >= 4 is 21.9 Å². The number of likely N-dealkylation sites (tertiary alicyclic amines) is 1. The van der Waals surface area contributed by atoms with E-state index in [1.165, 1.54) is 17.5 Å². The number of nitrogens with zero attached hydrogens (tertiary/aromatic N) is 2. The molecule has 1 fully saturated rings. The molecule has 3 rings (SSSR count). The zero-order chi connectivity index (χ0) is 22.2. The van der Waals surface area contributed by atoms with Gasteiger partial charge < -0.3 is 14.4 Å². The first-order valence-electron chi connectivity index (χ1n) is 10.1. The summed E-state index contributed by atoms with van der Waals surface area (Å²) in [5.41, 5.74) is -0.968. The number of methoxy groups -OCH3 is 1. The van der Waals surface area contributed by atoms with Gasteiger partial charge in [0.2, 0.25) is 15.9 Å². The molecule has 9 heteroatoms. The lowest BCUT2D eigenvalue weighted by atomic mass is 9.78. The van der Waals surface area contributed by atoms with Crippen LogP contribution in [0.2, 0.25) is 0 Å². The maximum absolute atomic E-state index is 13.3. The number of hydrogen-bond donors (Lipinski definition) is 0. The number of hydrogen-bond acceptors (Lipinski definition) is 6. The van der Waals surface area contributed by atoms with Gasteiger partial charge in [0.05, 0.1) is 13.7 Å². The second-order valence-electron chi connectivity index (χ2n) is 9.13. The molecule has 2 aliphatic heterocycles. The Kier molecular flexibility index (Phi) is 6.15. The highest BCUT2D eigenvalue weighted by Gasteiger charge is 2.44. The number of carbonyl (C=O) groups excluding carboxylic acids is 2. The number of rotatable bonds is 2. The molecule has 1 aromatic carbocycles. The third-order valence-corrected chi connectivity index (χ3v) is 7.63. The summed E-state index contributed by atoms with van der Waals surface area (Å²) < 4.78 is 38.6. The van der Waals surface area contributed by atoms with E-state index in [9.17, 15) is 18.0 Å². The highest BCUT2D eigenvalue weighted by molar-refractivity contribution is 7.89. The summed E-state index contributed by atoms with van der Waals surface area (Å²) in [5.74, 6) is -0.263. The van der Waals surface area contributed by atoms with Crippen LogP contribution in [0.1, 0.15) is 33.6 Å². The van der Waals surface area contributed by atoms with Crippen LogP contribution in [-0.4, -0.2) is 69.4 Å². The Morgan fingerprint density at radius 2 is 1.80 bits per heavy atom. The van der Waals surface area contributed by atoms with Gasteiger partial charge in [-0.2, -0.15) is 4.31 Å². The number of sulfonamides is 1. The van der Waals surface area contributed by atoms with Crippen LogP contribution < -0.4 is 4.74 Å². The van der Waals surface area contributed by atoms with E-state index in [0.717, 1.165) is 0 Å². The maximum atomic E-state index is 13.3. The predicted molar refractivity (Wildman–Crippen MR) is 110 cm³/mol. The molecule has 0 N–H and O–H groups in total. The van der Waals surface area contributed by atoms with Crippen molar-refractivity contribution < 1.29 is 27.5 Å². The second-order valence-corrected chi connectivity index (χ2v) is 11.0. The SMILES string of the molecule is COC(=O)CN1CC2(CCN(C(=O)C(C)(C)C)CC2)COc2ccccc2S1(=O)=O. The minimum Gasteiger partial charge on any atom is -0.492 e. The number of benzene rings is 1. The summed E-state index contributed by atoms with van der Waals surface area (Å²) in [6.07, 6.45) is 1.17. The summed E-state index contributed by atoms with van der Waals surface area (Å²) in [6.45, 7) is 6.80. The van der Waals surface area contributed by atoms with E-state index < -0.39 is 26.8 Å². The van der Waals surface area contributed by atoms with Gasteiger partial charge in [0, 0.05) is 30.5 Å². The number of fused-ring (bicyclic) bond motifs is 1. The maximum Gasteiger partial charge on any atom is 0.321 e. The molecular weight excluding hydrogens is 408 g/mol. The lowest BCUT2D eigenvalue weighted by molar-refractivity contribution is -0.142. The molecule has 8 nitrogen and oxygen atoms in total. The predicted octanol–water partition coefficient (Wildman–Crippen LogP) is 1.90. The minimum absolute atomic E-state index is 0.0455. The van der Waals surface area contributed by atoms with Crippen LogP contribution in [0.3, 0.4) is 0 Å². The number of para-hydroxylation sites is 1. The second kappa shape index (κ2) is 8.19. The zero-order valence-corrected chi connectivity index (χ0v) is 18.8. The Bertz CT molecular complexity index is 914. The fourth-order valence-electron chi connectivity index (χ4n) is 3.97. The molecule has 166 valence electrons. The van der Waals surface area contributed by atoms with Crippen LogP contribution in [0.25, 0.3) is 0 Å². The molecule has 1 amide bonds. The van der Waals surface area contributed by atoms with E-state index in [-0.39, 0.29) is 29.6 Å². The highest BCUT2D eigenvalue weighted by atomic mass is 32.2. The van der Waals surface area contributed by atoms with Gasteiger partial charge >= 0.3 is 5.97 Å². The lowest BCUT2D eigenvalue weighted by Gasteiger charge is -2.45. The minimum atomic E-state index is -3.95. The number of ether oxygens (including phenoxy) is 2. The van der Waals surface area contributed by atoms with Crippen LogP contribution in [0.5, 0.6) is 5.75 Å². The molecule has 0 bridgehead atoms. The first-order valence-corrected chi connectivity index (χ1v) is 11.5. The van der Waals surface area contributed by atoms with Crippen molar-refractivity contribution in [3.05, 3.63) is 24.3 Å². The standard InChI is InChI=1S/C21H30N2O6S/c1-20(2,3)19(25)22-11-9-21(10-12-22)14-23(13-18(24)28-4)30(26,27)17-8-6-5-7-16(17)29-15-21/h5-8H,9-15H2,1-4H3. The Labute approximate surface area is 178 Å². The number of amides is 1.